The van der Waals surface area contributed by atoms with Crippen LogP contribution < -0.4 is 5.32 Å². The maximum Gasteiger partial charge on any atom is 0.401 e. The molecule has 1 aromatic carbocycles. The zero-order chi connectivity index (χ0) is 16.0. The average molecular weight is 302 g/mol. The Labute approximate surface area is 125 Å². The smallest absolute Gasteiger partial charge is 0.309 e. The molecule has 0 spiro atoms. The van der Waals surface area contributed by atoms with Crippen LogP contribution in [0.1, 0.15) is 36.1 Å². The highest BCUT2D eigenvalue weighted by molar-refractivity contribution is 5.33. The summed E-state index contributed by atoms with van der Waals surface area (Å²) in [4.78, 5) is 1.33. The predicted molar refractivity (Wildman–Crippen MR) is 80.5 cm³/mol. The van der Waals surface area contributed by atoms with Crippen molar-refractivity contribution >= 4 is 0 Å². The van der Waals surface area contributed by atoms with E-state index >= 15 is 0 Å². The second-order valence-electron chi connectivity index (χ2n) is 5.68. The van der Waals surface area contributed by atoms with E-state index in [1.54, 1.807) is 0 Å². The molecule has 0 saturated heterocycles. The van der Waals surface area contributed by atoms with Crippen molar-refractivity contribution in [1.29, 1.82) is 0 Å². The Balaban J connectivity index is 2.87. The summed E-state index contributed by atoms with van der Waals surface area (Å²) in [6.45, 7) is 6.29. The summed E-state index contributed by atoms with van der Waals surface area (Å²) in [7, 11) is 1.51. The minimum absolute atomic E-state index is 0.0859. The van der Waals surface area contributed by atoms with E-state index in [-0.39, 0.29) is 6.04 Å². The van der Waals surface area contributed by atoms with Crippen LogP contribution in [0.3, 0.4) is 0 Å². The van der Waals surface area contributed by atoms with Crippen LogP contribution in [0.15, 0.2) is 18.2 Å². The van der Waals surface area contributed by atoms with Gasteiger partial charge in [-0.3, -0.25) is 4.90 Å². The highest BCUT2D eigenvalue weighted by Crippen LogP contribution is 2.22. The predicted octanol–water partition coefficient (Wildman–Crippen LogP) is 3.84. The Bertz CT molecular complexity index is 444. The van der Waals surface area contributed by atoms with Gasteiger partial charge in [0.15, 0.2) is 0 Å². The van der Waals surface area contributed by atoms with Crippen LogP contribution in [0.25, 0.3) is 0 Å². The van der Waals surface area contributed by atoms with Gasteiger partial charge in [0.25, 0.3) is 0 Å². The van der Waals surface area contributed by atoms with Crippen LogP contribution in [-0.4, -0.2) is 37.8 Å². The lowest BCUT2D eigenvalue weighted by Crippen LogP contribution is -2.38. The van der Waals surface area contributed by atoms with E-state index < -0.39 is 12.7 Å². The number of likely N-dealkylation sites (N-methyl/N-ethyl adjacent to an activating group) is 1. The maximum absolute atomic E-state index is 12.5. The van der Waals surface area contributed by atoms with Crippen molar-refractivity contribution in [2.45, 2.75) is 39.4 Å². The Hall–Kier alpha value is -1.07. The lowest BCUT2D eigenvalue weighted by molar-refractivity contribution is -0.143. The third-order valence-corrected chi connectivity index (χ3v) is 3.39. The molecule has 0 bridgehead atoms. The summed E-state index contributed by atoms with van der Waals surface area (Å²) < 4.78 is 37.5. The molecule has 5 heteroatoms. The average Bonchev–Trinajstić information content (AvgIpc) is 2.35. The molecule has 120 valence electrons. The fourth-order valence-corrected chi connectivity index (χ4v) is 2.41. The molecule has 1 atom stereocenters. The topological polar surface area (TPSA) is 15.3 Å². The Morgan fingerprint density at radius 2 is 1.90 bits per heavy atom. The van der Waals surface area contributed by atoms with Crippen LogP contribution >= 0.6 is 0 Å². The van der Waals surface area contributed by atoms with E-state index in [1.807, 2.05) is 32.9 Å². The van der Waals surface area contributed by atoms with Crippen LogP contribution in [0, 0.1) is 13.8 Å². The molecule has 21 heavy (non-hydrogen) atoms. The number of alkyl halides is 3. The fourth-order valence-electron chi connectivity index (χ4n) is 2.41. The van der Waals surface area contributed by atoms with Crippen molar-refractivity contribution in [3.05, 3.63) is 34.9 Å². The number of rotatable bonds is 7. The number of aryl methyl sites for hydroxylation is 2. The molecule has 1 N–H and O–H groups in total. The van der Waals surface area contributed by atoms with Crippen LogP contribution in [0.2, 0.25) is 0 Å². The van der Waals surface area contributed by atoms with Gasteiger partial charge >= 0.3 is 6.18 Å². The zero-order valence-corrected chi connectivity index (χ0v) is 13.2. The van der Waals surface area contributed by atoms with Crippen molar-refractivity contribution in [1.82, 2.24) is 10.2 Å². The van der Waals surface area contributed by atoms with Crippen LogP contribution in [0.4, 0.5) is 13.2 Å². The number of hydrogen-bond donors (Lipinski definition) is 1. The molecule has 0 saturated carbocycles. The van der Waals surface area contributed by atoms with Crippen molar-refractivity contribution in [2.75, 3.05) is 26.7 Å². The highest BCUT2D eigenvalue weighted by atomic mass is 19.4. The molecule has 0 fully saturated rings. The zero-order valence-electron chi connectivity index (χ0n) is 13.2. The van der Waals surface area contributed by atoms with E-state index in [0.29, 0.717) is 6.54 Å². The van der Waals surface area contributed by atoms with Gasteiger partial charge in [-0.05, 0) is 45.0 Å². The fraction of sp³-hybridized carbons (Fsp3) is 0.625. The van der Waals surface area contributed by atoms with Gasteiger partial charge in [0, 0.05) is 12.6 Å². The quantitative estimate of drug-likeness (QED) is 0.823. The number of nitrogens with zero attached hydrogens (tertiary/aromatic N) is 1. The molecule has 0 aliphatic rings. The molecule has 1 aromatic rings. The van der Waals surface area contributed by atoms with E-state index in [9.17, 15) is 13.2 Å². The molecule has 0 radical (unpaired) electrons. The maximum atomic E-state index is 12.5. The van der Waals surface area contributed by atoms with Crippen molar-refractivity contribution in [2.24, 2.45) is 0 Å². The number of nitrogens with one attached hydrogen (secondary N) is 1. The summed E-state index contributed by atoms with van der Waals surface area (Å²) >= 11 is 0. The normalized spacial score (nSPS) is 13.7. The molecule has 0 heterocycles. The van der Waals surface area contributed by atoms with E-state index in [1.165, 1.54) is 11.9 Å². The van der Waals surface area contributed by atoms with Gasteiger partial charge in [0.2, 0.25) is 0 Å². The van der Waals surface area contributed by atoms with Crippen molar-refractivity contribution in [3.63, 3.8) is 0 Å². The first kappa shape index (κ1) is 18.0. The first-order chi connectivity index (χ1) is 9.73. The van der Waals surface area contributed by atoms with Crippen molar-refractivity contribution < 1.29 is 13.2 Å². The number of halogens is 3. The number of benzene rings is 1. The van der Waals surface area contributed by atoms with Gasteiger partial charge < -0.3 is 5.32 Å². The minimum atomic E-state index is -4.16. The minimum Gasteiger partial charge on any atom is -0.309 e. The van der Waals surface area contributed by atoms with E-state index in [0.717, 1.165) is 29.7 Å². The molecule has 1 rings (SSSR count). The summed E-state index contributed by atoms with van der Waals surface area (Å²) in [6.07, 6.45) is -3.21. The van der Waals surface area contributed by atoms with Crippen molar-refractivity contribution in [3.8, 4) is 0 Å². The van der Waals surface area contributed by atoms with Gasteiger partial charge in [-0.2, -0.15) is 13.2 Å². The summed E-state index contributed by atoms with van der Waals surface area (Å²) in [5.74, 6) is 0. The molecule has 1 unspecified atom stereocenters. The van der Waals surface area contributed by atoms with Gasteiger partial charge in [0.1, 0.15) is 0 Å². The molecular weight excluding hydrogens is 277 g/mol. The largest absolute Gasteiger partial charge is 0.401 e. The first-order valence-electron chi connectivity index (χ1n) is 7.28. The van der Waals surface area contributed by atoms with Crippen LogP contribution in [-0.2, 0) is 0 Å². The highest BCUT2D eigenvalue weighted by Gasteiger charge is 2.30. The third kappa shape index (κ3) is 6.48. The Morgan fingerprint density at radius 1 is 1.24 bits per heavy atom. The lowest BCUT2D eigenvalue weighted by Gasteiger charge is -2.27. The molecule has 0 aliphatic heterocycles. The van der Waals surface area contributed by atoms with Gasteiger partial charge in [-0.25, -0.2) is 0 Å². The third-order valence-electron chi connectivity index (χ3n) is 3.39. The number of hydrogen-bond acceptors (Lipinski definition) is 2. The SMILES string of the molecule is CCCNC(CN(C)CC(F)(F)F)c1cc(C)ccc1C. The van der Waals surface area contributed by atoms with Crippen LogP contribution in [0.5, 0.6) is 0 Å². The summed E-state index contributed by atoms with van der Waals surface area (Å²) in [5, 5.41) is 3.36. The van der Waals surface area contributed by atoms with E-state index in [4.69, 9.17) is 0 Å². The lowest BCUT2D eigenvalue weighted by atomic mass is 9.98. The molecule has 2 nitrogen and oxygen atoms in total. The standard InChI is InChI=1S/C16H25F3N2/c1-5-8-20-15(10-21(4)11-16(17,18)19)14-9-12(2)6-7-13(14)3/h6-7,9,15,20H,5,8,10-11H2,1-4H3. The summed E-state index contributed by atoms with van der Waals surface area (Å²) in [6, 6.07) is 6.02. The van der Waals surface area contributed by atoms with Gasteiger partial charge in [0.05, 0.1) is 6.54 Å². The Kier molecular flexibility index (Phi) is 6.68. The van der Waals surface area contributed by atoms with E-state index in [2.05, 4.69) is 11.4 Å². The van der Waals surface area contributed by atoms with Gasteiger partial charge in [-0.1, -0.05) is 30.7 Å². The molecule has 0 aromatic heterocycles. The molecular formula is C16H25F3N2. The second-order valence-corrected chi connectivity index (χ2v) is 5.68. The van der Waals surface area contributed by atoms with Gasteiger partial charge in [-0.15, -0.1) is 0 Å². The summed E-state index contributed by atoms with van der Waals surface area (Å²) in [5.41, 5.74) is 3.31. The monoisotopic (exact) mass is 302 g/mol. The first-order valence-corrected chi connectivity index (χ1v) is 7.28. The Morgan fingerprint density at radius 3 is 2.48 bits per heavy atom. The second kappa shape index (κ2) is 7.80. The molecule has 0 aliphatic carbocycles. The molecule has 0 amide bonds.